The molecule has 5 nitrogen and oxygen atoms in total. The number of likely N-dealkylation sites (tertiary alicyclic amines) is 1. The van der Waals surface area contributed by atoms with E-state index in [1.165, 1.54) is 0 Å². The molecule has 1 fully saturated rings. The van der Waals surface area contributed by atoms with Gasteiger partial charge in [0.2, 0.25) is 5.76 Å². The lowest BCUT2D eigenvalue weighted by molar-refractivity contribution is 0.0485. The van der Waals surface area contributed by atoms with Gasteiger partial charge in [-0.3, -0.25) is 4.90 Å². The average Bonchev–Trinajstić information content (AvgIpc) is 2.99. The molecule has 1 aliphatic rings. The fourth-order valence-electron chi connectivity index (χ4n) is 2.29. The number of ether oxygens (including phenoxy) is 1. The van der Waals surface area contributed by atoms with Crippen LogP contribution in [0.4, 0.5) is 0 Å². The van der Waals surface area contributed by atoms with E-state index in [0.717, 1.165) is 25.1 Å². The summed E-state index contributed by atoms with van der Waals surface area (Å²) in [5, 5.41) is 9.23. The minimum Gasteiger partial charge on any atom is -0.460 e. The van der Waals surface area contributed by atoms with Crippen LogP contribution < -0.4 is 0 Å². The summed E-state index contributed by atoms with van der Waals surface area (Å²) in [6.07, 6.45) is 2.11. The van der Waals surface area contributed by atoms with Gasteiger partial charge in [-0.05, 0) is 38.4 Å². The Morgan fingerprint density at radius 1 is 1.61 bits per heavy atom. The topological polar surface area (TPSA) is 62.9 Å². The molecule has 100 valence electrons. The number of aliphatic hydroxyl groups excluding tert-OH is 1. The van der Waals surface area contributed by atoms with Gasteiger partial charge in [-0.15, -0.1) is 0 Å². The van der Waals surface area contributed by atoms with Crippen LogP contribution in [0.2, 0.25) is 0 Å². The molecule has 0 amide bonds. The average molecular weight is 253 g/mol. The fourth-order valence-corrected chi connectivity index (χ4v) is 2.29. The van der Waals surface area contributed by atoms with E-state index < -0.39 is 5.97 Å². The van der Waals surface area contributed by atoms with Crippen molar-refractivity contribution in [2.75, 3.05) is 19.8 Å². The van der Waals surface area contributed by atoms with Crippen molar-refractivity contribution in [1.29, 1.82) is 0 Å². The molecule has 0 radical (unpaired) electrons. The van der Waals surface area contributed by atoms with Crippen molar-refractivity contribution < 1.29 is 19.1 Å². The summed E-state index contributed by atoms with van der Waals surface area (Å²) in [5.41, 5.74) is 0. The van der Waals surface area contributed by atoms with Crippen molar-refractivity contribution in [3.63, 3.8) is 0 Å². The minimum absolute atomic E-state index is 0.172. The number of carbonyl (C=O) groups is 1. The summed E-state index contributed by atoms with van der Waals surface area (Å²) in [6.45, 7) is 3.86. The predicted molar refractivity (Wildman–Crippen MR) is 65.2 cm³/mol. The Bertz CT molecular complexity index is 401. The van der Waals surface area contributed by atoms with Crippen LogP contribution >= 0.6 is 0 Å². The third kappa shape index (κ3) is 2.91. The molecule has 1 atom stereocenters. The Balaban J connectivity index is 1.96. The molecule has 1 aliphatic heterocycles. The molecule has 1 saturated heterocycles. The SMILES string of the molecule is CCOC(=O)c1ccc(CN2CCC[C@@H]2CO)o1. The molecule has 0 unspecified atom stereocenters. The van der Waals surface area contributed by atoms with E-state index in [2.05, 4.69) is 4.90 Å². The first-order chi connectivity index (χ1) is 8.74. The van der Waals surface area contributed by atoms with Crippen LogP contribution in [-0.4, -0.2) is 41.8 Å². The third-order valence-electron chi connectivity index (χ3n) is 3.21. The summed E-state index contributed by atoms with van der Waals surface area (Å²) in [5.74, 6) is 0.550. The van der Waals surface area contributed by atoms with Crippen molar-refractivity contribution in [3.8, 4) is 0 Å². The molecule has 0 saturated carbocycles. The maximum Gasteiger partial charge on any atom is 0.374 e. The lowest BCUT2D eigenvalue weighted by Gasteiger charge is -2.21. The number of furan rings is 1. The van der Waals surface area contributed by atoms with Crippen molar-refractivity contribution in [2.24, 2.45) is 0 Å². The van der Waals surface area contributed by atoms with Crippen LogP contribution in [0.1, 0.15) is 36.1 Å². The summed E-state index contributed by atoms with van der Waals surface area (Å²) in [4.78, 5) is 13.6. The van der Waals surface area contributed by atoms with Gasteiger partial charge in [0.25, 0.3) is 0 Å². The van der Waals surface area contributed by atoms with Gasteiger partial charge in [0.1, 0.15) is 5.76 Å². The van der Waals surface area contributed by atoms with Crippen molar-refractivity contribution in [2.45, 2.75) is 32.4 Å². The van der Waals surface area contributed by atoms with Gasteiger partial charge in [0.05, 0.1) is 19.8 Å². The zero-order chi connectivity index (χ0) is 13.0. The van der Waals surface area contributed by atoms with E-state index >= 15 is 0 Å². The molecular formula is C13H19NO4. The highest BCUT2D eigenvalue weighted by molar-refractivity contribution is 5.86. The normalized spacial score (nSPS) is 20.2. The van der Waals surface area contributed by atoms with E-state index in [0.29, 0.717) is 13.2 Å². The quantitative estimate of drug-likeness (QED) is 0.804. The lowest BCUT2D eigenvalue weighted by atomic mass is 10.2. The molecule has 1 aromatic rings. The predicted octanol–water partition coefficient (Wildman–Crippen LogP) is 1.41. The van der Waals surface area contributed by atoms with Gasteiger partial charge < -0.3 is 14.3 Å². The van der Waals surface area contributed by atoms with Gasteiger partial charge >= 0.3 is 5.97 Å². The second-order valence-corrected chi connectivity index (χ2v) is 4.44. The fraction of sp³-hybridized carbons (Fsp3) is 0.615. The standard InChI is InChI=1S/C13H19NO4/c1-2-17-13(16)12-6-5-11(18-12)8-14-7-3-4-10(14)9-15/h5-6,10,15H,2-4,7-9H2,1H3/t10-/m1/s1. The van der Waals surface area contributed by atoms with Crippen LogP contribution in [-0.2, 0) is 11.3 Å². The monoisotopic (exact) mass is 253 g/mol. The van der Waals surface area contributed by atoms with Crippen LogP contribution in [0.5, 0.6) is 0 Å². The number of nitrogens with zero attached hydrogens (tertiary/aromatic N) is 1. The number of esters is 1. The van der Waals surface area contributed by atoms with E-state index in [-0.39, 0.29) is 18.4 Å². The molecule has 2 heterocycles. The van der Waals surface area contributed by atoms with Crippen LogP contribution in [0.15, 0.2) is 16.5 Å². The number of rotatable bonds is 5. The maximum atomic E-state index is 11.4. The molecule has 0 aliphatic carbocycles. The smallest absolute Gasteiger partial charge is 0.374 e. The molecular weight excluding hydrogens is 234 g/mol. The highest BCUT2D eigenvalue weighted by atomic mass is 16.5. The van der Waals surface area contributed by atoms with E-state index in [4.69, 9.17) is 9.15 Å². The molecule has 2 rings (SSSR count). The molecule has 5 heteroatoms. The number of hydrogen-bond donors (Lipinski definition) is 1. The van der Waals surface area contributed by atoms with Crippen molar-refractivity contribution >= 4 is 5.97 Å². The summed E-state index contributed by atoms with van der Waals surface area (Å²) in [6, 6.07) is 3.64. The van der Waals surface area contributed by atoms with Crippen molar-refractivity contribution in [1.82, 2.24) is 4.90 Å². The summed E-state index contributed by atoms with van der Waals surface area (Å²) in [7, 11) is 0. The van der Waals surface area contributed by atoms with E-state index in [1.54, 1.807) is 19.1 Å². The highest BCUT2D eigenvalue weighted by Crippen LogP contribution is 2.20. The zero-order valence-electron chi connectivity index (χ0n) is 10.6. The second-order valence-electron chi connectivity index (χ2n) is 4.44. The first-order valence-corrected chi connectivity index (χ1v) is 6.35. The number of aliphatic hydroxyl groups is 1. The highest BCUT2D eigenvalue weighted by Gasteiger charge is 2.24. The van der Waals surface area contributed by atoms with Gasteiger partial charge in [-0.2, -0.15) is 0 Å². The van der Waals surface area contributed by atoms with Crippen molar-refractivity contribution in [3.05, 3.63) is 23.7 Å². The maximum absolute atomic E-state index is 11.4. The summed E-state index contributed by atoms with van der Waals surface area (Å²) < 4.78 is 10.3. The minimum atomic E-state index is -0.427. The van der Waals surface area contributed by atoms with E-state index in [1.807, 2.05) is 0 Å². The third-order valence-corrected chi connectivity index (χ3v) is 3.21. The molecule has 1 N–H and O–H groups in total. The molecule has 1 aromatic heterocycles. The van der Waals surface area contributed by atoms with Gasteiger partial charge in [0, 0.05) is 6.04 Å². The van der Waals surface area contributed by atoms with Gasteiger partial charge in [-0.1, -0.05) is 0 Å². The van der Waals surface area contributed by atoms with E-state index in [9.17, 15) is 9.90 Å². The molecule has 0 aromatic carbocycles. The number of hydrogen-bond acceptors (Lipinski definition) is 5. The lowest BCUT2D eigenvalue weighted by Crippen LogP contribution is -2.31. The Hall–Kier alpha value is -1.33. The van der Waals surface area contributed by atoms with Gasteiger partial charge in [-0.25, -0.2) is 4.79 Å². The Morgan fingerprint density at radius 3 is 3.17 bits per heavy atom. The largest absolute Gasteiger partial charge is 0.460 e. The van der Waals surface area contributed by atoms with Gasteiger partial charge in [0.15, 0.2) is 0 Å². The second kappa shape index (κ2) is 6.02. The molecule has 0 bridgehead atoms. The summed E-state index contributed by atoms with van der Waals surface area (Å²) >= 11 is 0. The van der Waals surface area contributed by atoms with Crippen LogP contribution in [0.3, 0.4) is 0 Å². The van der Waals surface area contributed by atoms with Crippen LogP contribution in [0, 0.1) is 0 Å². The first kappa shape index (κ1) is 13.1. The zero-order valence-corrected chi connectivity index (χ0v) is 10.6. The Labute approximate surface area is 106 Å². The van der Waals surface area contributed by atoms with Crippen LogP contribution in [0.25, 0.3) is 0 Å². The first-order valence-electron chi connectivity index (χ1n) is 6.35. The number of carbonyl (C=O) groups excluding carboxylic acids is 1. The molecule has 18 heavy (non-hydrogen) atoms. The Kier molecular flexibility index (Phi) is 4.38. The molecule has 0 spiro atoms. The Morgan fingerprint density at radius 2 is 2.44 bits per heavy atom.